The number of hydrogen-bond acceptors (Lipinski definition) is 2. The molecule has 94 valence electrons. The summed E-state index contributed by atoms with van der Waals surface area (Å²) in [4.78, 5) is 0. The highest BCUT2D eigenvalue weighted by Gasteiger charge is 2.12. The van der Waals surface area contributed by atoms with Crippen molar-refractivity contribution in [3.8, 4) is 5.75 Å². The van der Waals surface area contributed by atoms with Gasteiger partial charge in [0.05, 0.1) is 12.8 Å². The van der Waals surface area contributed by atoms with Crippen LogP contribution >= 0.6 is 15.9 Å². The van der Waals surface area contributed by atoms with E-state index in [1.807, 2.05) is 0 Å². The van der Waals surface area contributed by atoms with Crippen LogP contribution in [-0.4, -0.2) is 7.11 Å². The fourth-order valence-corrected chi connectivity index (χ4v) is 1.95. The SMILES string of the molecule is COc1ccccc1Nc1c(F)cc(Br)cc1F. The minimum atomic E-state index is -0.673. The van der Waals surface area contributed by atoms with E-state index in [9.17, 15) is 8.78 Å². The number of nitrogens with one attached hydrogen (secondary N) is 1. The highest BCUT2D eigenvalue weighted by molar-refractivity contribution is 9.10. The molecule has 0 bridgehead atoms. The maximum atomic E-state index is 13.7. The zero-order valence-corrected chi connectivity index (χ0v) is 11.1. The lowest BCUT2D eigenvalue weighted by Gasteiger charge is -2.12. The number of methoxy groups -OCH3 is 1. The molecule has 1 N–H and O–H groups in total. The summed E-state index contributed by atoms with van der Waals surface area (Å²) in [6, 6.07) is 9.30. The van der Waals surface area contributed by atoms with Gasteiger partial charge < -0.3 is 10.1 Å². The van der Waals surface area contributed by atoms with Crippen LogP contribution < -0.4 is 10.1 Å². The van der Waals surface area contributed by atoms with Crippen molar-refractivity contribution < 1.29 is 13.5 Å². The maximum Gasteiger partial charge on any atom is 0.150 e. The van der Waals surface area contributed by atoms with E-state index in [1.54, 1.807) is 24.3 Å². The number of para-hydroxylation sites is 2. The number of hydrogen-bond donors (Lipinski definition) is 1. The molecule has 0 aromatic heterocycles. The highest BCUT2D eigenvalue weighted by atomic mass is 79.9. The van der Waals surface area contributed by atoms with Crippen molar-refractivity contribution in [3.05, 3.63) is 52.5 Å². The van der Waals surface area contributed by atoms with E-state index in [-0.39, 0.29) is 5.69 Å². The van der Waals surface area contributed by atoms with Gasteiger partial charge in [0.25, 0.3) is 0 Å². The van der Waals surface area contributed by atoms with Crippen LogP contribution in [0.2, 0.25) is 0 Å². The van der Waals surface area contributed by atoms with E-state index in [0.717, 1.165) is 0 Å². The summed E-state index contributed by atoms with van der Waals surface area (Å²) in [6.45, 7) is 0. The van der Waals surface area contributed by atoms with Crippen LogP contribution in [0.3, 0.4) is 0 Å². The lowest BCUT2D eigenvalue weighted by Crippen LogP contribution is -1.99. The molecule has 0 aliphatic heterocycles. The summed E-state index contributed by atoms with van der Waals surface area (Å²) in [5, 5.41) is 2.69. The van der Waals surface area contributed by atoms with Crippen molar-refractivity contribution >= 4 is 27.3 Å². The van der Waals surface area contributed by atoms with E-state index in [0.29, 0.717) is 15.9 Å². The van der Waals surface area contributed by atoms with E-state index in [4.69, 9.17) is 4.74 Å². The number of ether oxygens (including phenoxy) is 1. The third kappa shape index (κ3) is 2.61. The molecule has 5 heteroatoms. The second kappa shape index (κ2) is 5.35. The Labute approximate surface area is 112 Å². The summed E-state index contributed by atoms with van der Waals surface area (Å²) >= 11 is 3.03. The Morgan fingerprint density at radius 3 is 2.33 bits per heavy atom. The van der Waals surface area contributed by atoms with Crippen LogP contribution in [0.15, 0.2) is 40.9 Å². The van der Waals surface area contributed by atoms with E-state index in [2.05, 4.69) is 21.2 Å². The Bertz CT molecular complexity index is 552. The van der Waals surface area contributed by atoms with Gasteiger partial charge in [-0.15, -0.1) is 0 Å². The molecule has 0 aliphatic carbocycles. The fraction of sp³-hybridized carbons (Fsp3) is 0.0769. The minimum Gasteiger partial charge on any atom is -0.495 e. The summed E-state index contributed by atoms with van der Waals surface area (Å²) in [6.07, 6.45) is 0. The van der Waals surface area contributed by atoms with Crippen LogP contribution in [0, 0.1) is 11.6 Å². The number of anilines is 2. The zero-order chi connectivity index (χ0) is 13.1. The summed E-state index contributed by atoms with van der Waals surface area (Å²) in [7, 11) is 1.49. The first kappa shape index (κ1) is 12.8. The summed E-state index contributed by atoms with van der Waals surface area (Å²) < 4.78 is 32.8. The molecule has 0 amide bonds. The van der Waals surface area contributed by atoms with E-state index in [1.165, 1.54) is 19.2 Å². The van der Waals surface area contributed by atoms with Crippen LogP contribution in [-0.2, 0) is 0 Å². The predicted octanol–water partition coefficient (Wildman–Crippen LogP) is 4.48. The average molecular weight is 314 g/mol. The van der Waals surface area contributed by atoms with Crippen molar-refractivity contribution in [2.24, 2.45) is 0 Å². The normalized spacial score (nSPS) is 10.2. The summed E-state index contributed by atoms with van der Waals surface area (Å²) in [5.74, 6) is -0.834. The lowest BCUT2D eigenvalue weighted by molar-refractivity contribution is 0.416. The number of rotatable bonds is 3. The molecule has 0 saturated heterocycles. The van der Waals surface area contributed by atoms with Crippen LogP contribution in [0.25, 0.3) is 0 Å². The number of halogens is 3. The van der Waals surface area contributed by atoms with E-state index < -0.39 is 11.6 Å². The molecule has 2 aromatic carbocycles. The van der Waals surface area contributed by atoms with Gasteiger partial charge in [-0.05, 0) is 24.3 Å². The molecule has 0 atom stereocenters. The van der Waals surface area contributed by atoms with Gasteiger partial charge in [-0.3, -0.25) is 0 Å². The molecular weight excluding hydrogens is 304 g/mol. The fourth-order valence-electron chi connectivity index (χ4n) is 1.54. The second-order valence-electron chi connectivity index (χ2n) is 3.57. The van der Waals surface area contributed by atoms with Crippen LogP contribution in [0.1, 0.15) is 0 Å². The van der Waals surface area contributed by atoms with Crippen LogP contribution in [0.4, 0.5) is 20.2 Å². The Kier molecular flexibility index (Phi) is 3.81. The Morgan fingerprint density at radius 2 is 1.72 bits per heavy atom. The third-order valence-corrected chi connectivity index (χ3v) is 2.83. The molecule has 2 aromatic rings. The Hall–Kier alpha value is -1.62. The van der Waals surface area contributed by atoms with Gasteiger partial charge in [-0.25, -0.2) is 8.78 Å². The van der Waals surface area contributed by atoms with Gasteiger partial charge in [0, 0.05) is 4.47 Å². The molecular formula is C13H10BrF2NO. The lowest BCUT2D eigenvalue weighted by atomic mass is 10.2. The number of benzene rings is 2. The molecule has 2 nitrogen and oxygen atoms in total. The van der Waals surface area contributed by atoms with Crippen molar-refractivity contribution in [2.45, 2.75) is 0 Å². The van der Waals surface area contributed by atoms with Gasteiger partial charge in [-0.2, -0.15) is 0 Å². The van der Waals surface area contributed by atoms with Gasteiger partial charge in [0.15, 0.2) is 11.6 Å². The van der Waals surface area contributed by atoms with Gasteiger partial charge in [-0.1, -0.05) is 28.1 Å². The second-order valence-corrected chi connectivity index (χ2v) is 4.49. The highest BCUT2D eigenvalue weighted by Crippen LogP contribution is 2.31. The predicted molar refractivity (Wildman–Crippen MR) is 70.3 cm³/mol. The topological polar surface area (TPSA) is 21.3 Å². The Morgan fingerprint density at radius 1 is 1.11 bits per heavy atom. The molecule has 0 heterocycles. The van der Waals surface area contributed by atoms with E-state index >= 15 is 0 Å². The minimum absolute atomic E-state index is 0.206. The van der Waals surface area contributed by atoms with Crippen LogP contribution in [0.5, 0.6) is 5.75 Å². The average Bonchev–Trinajstić information content (AvgIpc) is 2.34. The molecule has 0 fully saturated rings. The first-order valence-corrected chi connectivity index (χ1v) is 5.95. The Balaban J connectivity index is 2.40. The van der Waals surface area contributed by atoms with Crippen molar-refractivity contribution in [3.63, 3.8) is 0 Å². The monoisotopic (exact) mass is 313 g/mol. The largest absolute Gasteiger partial charge is 0.495 e. The maximum absolute atomic E-state index is 13.7. The summed E-state index contributed by atoms with van der Waals surface area (Å²) in [5.41, 5.74) is 0.294. The van der Waals surface area contributed by atoms with Gasteiger partial charge >= 0.3 is 0 Å². The first-order chi connectivity index (χ1) is 8.61. The van der Waals surface area contributed by atoms with Crippen molar-refractivity contribution in [2.75, 3.05) is 12.4 Å². The molecule has 0 saturated carbocycles. The first-order valence-electron chi connectivity index (χ1n) is 5.16. The smallest absolute Gasteiger partial charge is 0.150 e. The molecule has 0 unspecified atom stereocenters. The quantitative estimate of drug-likeness (QED) is 0.902. The van der Waals surface area contributed by atoms with Crippen molar-refractivity contribution in [1.82, 2.24) is 0 Å². The molecule has 0 aliphatic rings. The molecule has 2 rings (SSSR count). The zero-order valence-electron chi connectivity index (χ0n) is 9.51. The molecule has 0 spiro atoms. The molecule has 18 heavy (non-hydrogen) atoms. The van der Waals surface area contributed by atoms with Gasteiger partial charge in [0.2, 0.25) is 0 Å². The third-order valence-electron chi connectivity index (χ3n) is 2.37. The molecule has 0 radical (unpaired) electrons. The van der Waals surface area contributed by atoms with Crippen molar-refractivity contribution in [1.29, 1.82) is 0 Å². The standard InChI is InChI=1S/C13H10BrF2NO/c1-18-12-5-3-2-4-11(12)17-13-9(15)6-8(14)7-10(13)16/h2-7,17H,1H3. The van der Waals surface area contributed by atoms with Gasteiger partial charge in [0.1, 0.15) is 11.4 Å².